The number of nitrogens with one attached hydrogen (secondary N) is 1. The molecule has 0 saturated heterocycles. The van der Waals surface area contributed by atoms with Gasteiger partial charge in [0.25, 0.3) is 0 Å². The number of ketones is 1. The second-order valence-electron chi connectivity index (χ2n) is 4.57. The van der Waals surface area contributed by atoms with E-state index >= 15 is 0 Å². The minimum Gasteiger partial charge on any atom is -0.497 e. The number of carbonyl (C=O) groups is 1. The zero-order valence-corrected chi connectivity index (χ0v) is 14.3. The van der Waals surface area contributed by atoms with Gasteiger partial charge in [0, 0.05) is 37.2 Å². The zero-order chi connectivity index (χ0) is 15.0. The van der Waals surface area contributed by atoms with Crippen molar-refractivity contribution in [2.45, 2.75) is 0 Å². The number of rotatable bonds is 3. The SMILES string of the molecule is COc1ccc2[nH]cc(C(=O)c3ccc(Br)cc3Br)c2c1. The first-order chi connectivity index (χ1) is 10.1. The van der Waals surface area contributed by atoms with Crippen LogP contribution in [0.2, 0.25) is 0 Å². The summed E-state index contributed by atoms with van der Waals surface area (Å²) in [4.78, 5) is 15.9. The van der Waals surface area contributed by atoms with Crippen molar-refractivity contribution in [2.75, 3.05) is 7.11 Å². The molecule has 1 N–H and O–H groups in total. The smallest absolute Gasteiger partial charge is 0.196 e. The molecule has 1 aromatic heterocycles. The lowest BCUT2D eigenvalue weighted by Gasteiger charge is -2.04. The van der Waals surface area contributed by atoms with Crippen LogP contribution in [0.4, 0.5) is 0 Å². The molecular weight excluding hydrogens is 398 g/mol. The highest BCUT2D eigenvalue weighted by Gasteiger charge is 2.17. The number of fused-ring (bicyclic) bond motifs is 1. The van der Waals surface area contributed by atoms with E-state index in [1.165, 1.54) is 0 Å². The molecule has 0 aliphatic carbocycles. The van der Waals surface area contributed by atoms with E-state index in [0.29, 0.717) is 11.1 Å². The Balaban J connectivity index is 2.13. The molecule has 0 aliphatic heterocycles. The highest BCUT2D eigenvalue weighted by atomic mass is 79.9. The fourth-order valence-electron chi connectivity index (χ4n) is 2.23. The Kier molecular flexibility index (Phi) is 3.87. The van der Waals surface area contributed by atoms with Gasteiger partial charge < -0.3 is 9.72 Å². The first kappa shape index (κ1) is 14.4. The highest BCUT2D eigenvalue weighted by Crippen LogP contribution is 2.29. The third-order valence-electron chi connectivity index (χ3n) is 3.31. The van der Waals surface area contributed by atoms with Crippen LogP contribution in [0.25, 0.3) is 10.9 Å². The van der Waals surface area contributed by atoms with Crippen LogP contribution in [0.3, 0.4) is 0 Å². The van der Waals surface area contributed by atoms with Crippen LogP contribution in [-0.4, -0.2) is 17.9 Å². The maximum Gasteiger partial charge on any atom is 0.196 e. The maximum absolute atomic E-state index is 12.7. The Morgan fingerprint density at radius 3 is 2.62 bits per heavy atom. The second kappa shape index (κ2) is 5.66. The molecular formula is C16H11Br2NO2. The van der Waals surface area contributed by atoms with Gasteiger partial charge in [0.05, 0.1) is 7.11 Å². The fourth-order valence-corrected chi connectivity index (χ4v) is 3.46. The van der Waals surface area contributed by atoms with E-state index in [2.05, 4.69) is 36.8 Å². The maximum atomic E-state index is 12.7. The number of H-pyrrole nitrogens is 1. The van der Waals surface area contributed by atoms with Gasteiger partial charge >= 0.3 is 0 Å². The lowest BCUT2D eigenvalue weighted by Crippen LogP contribution is -2.01. The van der Waals surface area contributed by atoms with Gasteiger partial charge in [0.2, 0.25) is 0 Å². The number of aromatic nitrogens is 1. The summed E-state index contributed by atoms with van der Waals surface area (Å²) in [6.45, 7) is 0. The molecule has 3 rings (SSSR count). The monoisotopic (exact) mass is 407 g/mol. The summed E-state index contributed by atoms with van der Waals surface area (Å²) in [5.74, 6) is 0.694. The molecule has 3 aromatic rings. The Morgan fingerprint density at radius 1 is 1.10 bits per heavy atom. The van der Waals surface area contributed by atoms with E-state index in [-0.39, 0.29) is 5.78 Å². The fraction of sp³-hybridized carbons (Fsp3) is 0.0625. The van der Waals surface area contributed by atoms with Crippen LogP contribution in [0.15, 0.2) is 51.5 Å². The van der Waals surface area contributed by atoms with Crippen LogP contribution in [0.1, 0.15) is 15.9 Å². The van der Waals surface area contributed by atoms with Crippen LogP contribution < -0.4 is 4.74 Å². The summed E-state index contributed by atoms with van der Waals surface area (Å²) < 4.78 is 6.92. The quantitative estimate of drug-likeness (QED) is 0.624. The summed E-state index contributed by atoms with van der Waals surface area (Å²) >= 11 is 6.83. The third kappa shape index (κ3) is 2.63. The van der Waals surface area contributed by atoms with Crippen molar-refractivity contribution in [1.29, 1.82) is 0 Å². The van der Waals surface area contributed by atoms with Gasteiger partial charge in [-0.25, -0.2) is 0 Å². The van der Waals surface area contributed by atoms with Gasteiger partial charge in [-0.1, -0.05) is 15.9 Å². The summed E-state index contributed by atoms with van der Waals surface area (Å²) in [5, 5.41) is 0.856. The molecule has 3 nitrogen and oxygen atoms in total. The number of hydrogen-bond donors (Lipinski definition) is 1. The summed E-state index contributed by atoms with van der Waals surface area (Å²) in [7, 11) is 1.61. The lowest BCUT2D eigenvalue weighted by molar-refractivity contribution is 0.103. The van der Waals surface area contributed by atoms with Gasteiger partial charge in [-0.3, -0.25) is 4.79 Å². The first-order valence-corrected chi connectivity index (χ1v) is 7.83. The minimum atomic E-state index is -0.0334. The number of hydrogen-bond acceptors (Lipinski definition) is 2. The molecule has 0 saturated carbocycles. The molecule has 21 heavy (non-hydrogen) atoms. The van der Waals surface area contributed by atoms with E-state index in [1.54, 1.807) is 19.4 Å². The number of methoxy groups -OCH3 is 1. The van der Waals surface area contributed by atoms with Crippen molar-refractivity contribution in [3.8, 4) is 5.75 Å². The van der Waals surface area contributed by atoms with E-state index in [1.807, 2.05) is 30.3 Å². The molecule has 5 heteroatoms. The van der Waals surface area contributed by atoms with Gasteiger partial charge in [-0.15, -0.1) is 0 Å². The number of benzene rings is 2. The second-order valence-corrected chi connectivity index (χ2v) is 6.34. The molecule has 0 bridgehead atoms. The summed E-state index contributed by atoms with van der Waals surface area (Å²) in [6.07, 6.45) is 1.74. The van der Waals surface area contributed by atoms with Gasteiger partial charge in [-0.05, 0) is 52.3 Å². The van der Waals surface area contributed by atoms with Crippen molar-refractivity contribution in [3.63, 3.8) is 0 Å². The van der Waals surface area contributed by atoms with Gasteiger partial charge in [0.15, 0.2) is 5.78 Å². The van der Waals surface area contributed by atoms with Crippen molar-refractivity contribution >= 4 is 48.5 Å². The summed E-state index contributed by atoms with van der Waals surface area (Å²) in [5.41, 5.74) is 2.17. The minimum absolute atomic E-state index is 0.0334. The average molecular weight is 409 g/mol. The number of ether oxygens (including phenoxy) is 1. The number of halogens is 2. The van der Waals surface area contributed by atoms with Crippen LogP contribution in [0, 0.1) is 0 Å². The van der Waals surface area contributed by atoms with Crippen molar-refractivity contribution in [3.05, 3.63) is 62.7 Å². The molecule has 106 valence electrons. The largest absolute Gasteiger partial charge is 0.497 e. The lowest BCUT2D eigenvalue weighted by atomic mass is 10.0. The predicted molar refractivity (Wildman–Crippen MR) is 90.1 cm³/mol. The topological polar surface area (TPSA) is 42.1 Å². The Bertz CT molecular complexity index is 839. The molecule has 0 amide bonds. The zero-order valence-electron chi connectivity index (χ0n) is 11.1. The Morgan fingerprint density at radius 2 is 1.90 bits per heavy atom. The van der Waals surface area contributed by atoms with E-state index in [9.17, 15) is 4.79 Å². The van der Waals surface area contributed by atoms with Crippen LogP contribution in [-0.2, 0) is 0 Å². The highest BCUT2D eigenvalue weighted by molar-refractivity contribution is 9.11. The van der Waals surface area contributed by atoms with Crippen molar-refractivity contribution in [1.82, 2.24) is 4.98 Å². The Hall–Kier alpha value is -1.59. The predicted octanol–water partition coefficient (Wildman–Crippen LogP) is 4.93. The molecule has 0 aliphatic rings. The van der Waals surface area contributed by atoms with E-state index in [4.69, 9.17) is 4.74 Å². The number of aromatic amines is 1. The molecule has 0 atom stereocenters. The van der Waals surface area contributed by atoms with Crippen LogP contribution >= 0.6 is 31.9 Å². The van der Waals surface area contributed by atoms with Gasteiger partial charge in [-0.2, -0.15) is 0 Å². The number of carbonyl (C=O) groups excluding carboxylic acids is 1. The average Bonchev–Trinajstić information content (AvgIpc) is 2.89. The normalized spacial score (nSPS) is 10.8. The molecule has 0 fully saturated rings. The summed E-state index contributed by atoms with van der Waals surface area (Å²) in [6, 6.07) is 11.2. The van der Waals surface area contributed by atoms with Crippen molar-refractivity contribution < 1.29 is 9.53 Å². The molecule has 2 aromatic carbocycles. The molecule has 0 unspecified atom stereocenters. The first-order valence-electron chi connectivity index (χ1n) is 6.25. The van der Waals surface area contributed by atoms with E-state index in [0.717, 1.165) is 25.6 Å². The Labute approximate surface area is 138 Å². The third-order valence-corrected chi connectivity index (χ3v) is 4.46. The van der Waals surface area contributed by atoms with Gasteiger partial charge in [0.1, 0.15) is 5.75 Å². The standard InChI is InChI=1S/C16H11Br2NO2/c1-21-10-3-5-15-12(7-10)13(8-19-15)16(20)11-4-2-9(17)6-14(11)18/h2-8,19H,1H3. The van der Waals surface area contributed by atoms with Crippen molar-refractivity contribution in [2.24, 2.45) is 0 Å². The van der Waals surface area contributed by atoms with E-state index < -0.39 is 0 Å². The molecule has 0 radical (unpaired) electrons. The molecule has 1 heterocycles. The van der Waals surface area contributed by atoms with Crippen LogP contribution in [0.5, 0.6) is 5.75 Å². The molecule has 0 spiro atoms.